The highest BCUT2D eigenvalue weighted by molar-refractivity contribution is 5.78. The van der Waals surface area contributed by atoms with Gasteiger partial charge in [0.05, 0.1) is 27.0 Å². The second kappa shape index (κ2) is 11.0. The molecule has 38 heavy (non-hydrogen) atoms. The van der Waals surface area contributed by atoms with Gasteiger partial charge in [-0.2, -0.15) is 0 Å². The number of methoxy groups -OCH3 is 3. The van der Waals surface area contributed by atoms with Crippen molar-refractivity contribution in [3.8, 4) is 17.2 Å². The van der Waals surface area contributed by atoms with Gasteiger partial charge < -0.3 is 28.4 Å². The summed E-state index contributed by atoms with van der Waals surface area (Å²) >= 11 is 0. The summed E-state index contributed by atoms with van der Waals surface area (Å²) < 4.78 is 18.5. The number of nitrogens with zero attached hydrogens (tertiary/aromatic N) is 4. The number of pyridine rings is 1. The highest BCUT2D eigenvalue weighted by Gasteiger charge is 2.28. The molecule has 0 saturated carbocycles. The number of carbonyl (C=O) groups is 1. The van der Waals surface area contributed by atoms with E-state index < -0.39 is 0 Å². The van der Waals surface area contributed by atoms with E-state index in [1.54, 1.807) is 21.3 Å². The molecule has 3 heterocycles. The van der Waals surface area contributed by atoms with Crippen LogP contribution in [0.25, 0.3) is 5.65 Å². The molecule has 0 spiro atoms. The van der Waals surface area contributed by atoms with E-state index in [0.29, 0.717) is 31.0 Å². The minimum Gasteiger partial charge on any atom is -0.497 e. The first kappa shape index (κ1) is 25.4. The van der Waals surface area contributed by atoms with Crippen molar-refractivity contribution in [2.45, 2.75) is 19.3 Å². The molecule has 0 N–H and O–H groups in total. The van der Waals surface area contributed by atoms with E-state index in [1.165, 1.54) is 0 Å². The van der Waals surface area contributed by atoms with Crippen LogP contribution < -0.4 is 19.1 Å². The third-order valence-electron chi connectivity index (χ3n) is 7.34. The van der Waals surface area contributed by atoms with E-state index >= 15 is 0 Å². The van der Waals surface area contributed by atoms with Gasteiger partial charge in [0, 0.05) is 62.7 Å². The van der Waals surface area contributed by atoms with Gasteiger partial charge in [0.1, 0.15) is 22.9 Å². The molecule has 1 fully saturated rings. The molecule has 1 unspecified atom stereocenters. The molecule has 1 atom stereocenters. The maximum Gasteiger partial charge on any atom is 0.223 e. The van der Waals surface area contributed by atoms with Crippen LogP contribution in [0.15, 0.2) is 67.0 Å². The molecular weight excluding hydrogens is 480 g/mol. The van der Waals surface area contributed by atoms with Gasteiger partial charge in [-0.3, -0.25) is 4.79 Å². The van der Waals surface area contributed by atoms with Crippen LogP contribution in [0.2, 0.25) is 0 Å². The van der Waals surface area contributed by atoms with Crippen LogP contribution in [0.3, 0.4) is 0 Å². The van der Waals surface area contributed by atoms with Crippen LogP contribution in [0.1, 0.15) is 29.2 Å². The van der Waals surface area contributed by atoms with Crippen LogP contribution in [0, 0.1) is 6.92 Å². The van der Waals surface area contributed by atoms with Gasteiger partial charge in [0.2, 0.25) is 5.91 Å². The number of rotatable bonds is 8. The normalized spacial score (nSPS) is 14.4. The molecule has 1 amide bonds. The van der Waals surface area contributed by atoms with Gasteiger partial charge >= 0.3 is 0 Å². The van der Waals surface area contributed by atoms with Crippen LogP contribution >= 0.6 is 0 Å². The van der Waals surface area contributed by atoms with Gasteiger partial charge in [-0.15, -0.1) is 0 Å². The molecule has 198 valence electrons. The summed E-state index contributed by atoms with van der Waals surface area (Å²) in [5, 5.41) is 0. The van der Waals surface area contributed by atoms with Crippen molar-refractivity contribution in [3.05, 3.63) is 83.8 Å². The summed E-state index contributed by atoms with van der Waals surface area (Å²) in [6.45, 7) is 4.95. The average Bonchev–Trinajstić information content (AvgIpc) is 3.40. The molecule has 5 rings (SSSR count). The van der Waals surface area contributed by atoms with Gasteiger partial charge in [-0.05, 0) is 60.5 Å². The number of imidazole rings is 1. The molecular formula is C30H34N4O4. The Bertz CT molecular complexity index is 1390. The summed E-state index contributed by atoms with van der Waals surface area (Å²) in [4.78, 5) is 22.7. The number of benzene rings is 2. The summed E-state index contributed by atoms with van der Waals surface area (Å²) in [5.74, 6) is 2.12. The maximum atomic E-state index is 13.7. The highest BCUT2D eigenvalue weighted by atomic mass is 16.5. The number of aromatic nitrogens is 2. The zero-order valence-corrected chi connectivity index (χ0v) is 22.4. The first-order valence-electron chi connectivity index (χ1n) is 12.8. The Morgan fingerprint density at radius 1 is 0.895 bits per heavy atom. The van der Waals surface area contributed by atoms with E-state index in [2.05, 4.69) is 26.4 Å². The Kier molecular flexibility index (Phi) is 7.40. The predicted octanol–water partition coefficient (Wildman–Crippen LogP) is 4.54. The van der Waals surface area contributed by atoms with Crippen molar-refractivity contribution >= 4 is 17.2 Å². The number of hydrogen-bond acceptors (Lipinski definition) is 6. The van der Waals surface area contributed by atoms with E-state index in [4.69, 9.17) is 14.2 Å². The summed E-state index contributed by atoms with van der Waals surface area (Å²) in [6.07, 6.45) is 4.21. The van der Waals surface area contributed by atoms with Crippen molar-refractivity contribution in [1.82, 2.24) is 14.3 Å². The maximum absolute atomic E-state index is 13.7. The molecule has 1 saturated heterocycles. The van der Waals surface area contributed by atoms with Gasteiger partial charge in [-0.25, -0.2) is 4.98 Å². The van der Waals surface area contributed by atoms with E-state index in [9.17, 15) is 4.79 Å². The molecule has 2 aromatic heterocycles. The number of piperazine rings is 1. The Balaban J connectivity index is 1.40. The van der Waals surface area contributed by atoms with Crippen LogP contribution in [0.4, 0.5) is 5.69 Å². The minimum absolute atomic E-state index is 0.119. The highest BCUT2D eigenvalue weighted by Crippen LogP contribution is 2.35. The van der Waals surface area contributed by atoms with E-state index in [0.717, 1.165) is 47.0 Å². The summed E-state index contributed by atoms with van der Waals surface area (Å²) in [5.41, 5.74) is 5.03. The first-order valence-corrected chi connectivity index (χ1v) is 12.8. The number of amides is 1. The SMILES string of the molecule is COc1ccc(N2CCN(C(=O)CC(c3cc(OC)cc(OC)c3)c3cnc4c(C)cccn34)CC2)cc1. The lowest BCUT2D eigenvalue weighted by Gasteiger charge is -2.36. The Morgan fingerprint density at radius 3 is 2.18 bits per heavy atom. The largest absolute Gasteiger partial charge is 0.497 e. The second-order valence-electron chi connectivity index (χ2n) is 9.54. The summed E-state index contributed by atoms with van der Waals surface area (Å²) in [7, 11) is 4.94. The lowest BCUT2D eigenvalue weighted by molar-refractivity contribution is -0.131. The van der Waals surface area contributed by atoms with Gasteiger partial charge in [-0.1, -0.05) is 6.07 Å². The topological polar surface area (TPSA) is 68.5 Å². The molecule has 8 nitrogen and oxygen atoms in total. The standard InChI is InChI=1S/C30H34N4O4/c1-21-6-5-11-34-28(20-31-30(21)34)27(22-16-25(37-3)18-26(17-22)38-4)19-29(35)33-14-12-32(13-15-33)23-7-9-24(36-2)10-8-23/h5-11,16-18,20,27H,12-15,19H2,1-4H3. The lowest BCUT2D eigenvalue weighted by atomic mass is 9.91. The molecule has 4 aromatic rings. The molecule has 1 aliphatic heterocycles. The fraction of sp³-hybridized carbons (Fsp3) is 0.333. The smallest absolute Gasteiger partial charge is 0.223 e. The number of ether oxygens (including phenoxy) is 3. The van der Waals surface area contributed by atoms with Crippen molar-refractivity contribution in [2.75, 3.05) is 52.4 Å². The van der Waals surface area contributed by atoms with Crippen LogP contribution in [-0.2, 0) is 4.79 Å². The molecule has 1 aliphatic rings. The Hall–Kier alpha value is -4.20. The zero-order valence-electron chi connectivity index (χ0n) is 22.4. The van der Waals surface area contributed by atoms with Gasteiger partial charge in [0.15, 0.2) is 0 Å². The monoisotopic (exact) mass is 514 g/mol. The number of hydrogen-bond donors (Lipinski definition) is 0. The fourth-order valence-corrected chi connectivity index (χ4v) is 5.16. The third-order valence-corrected chi connectivity index (χ3v) is 7.34. The number of aryl methyl sites for hydroxylation is 1. The molecule has 0 bridgehead atoms. The summed E-state index contributed by atoms with van der Waals surface area (Å²) in [6, 6.07) is 17.9. The number of anilines is 1. The van der Waals surface area contributed by atoms with E-state index in [-0.39, 0.29) is 11.8 Å². The van der Waals surface area contributed by atoms with Crippen LogP contribution in [0.5, 0.6) is 17.2 Å². The molecule has 0 aliphatic carbocycles. The second-order valence-corrected chi connectivity index (χ2v) is 9.54. The third kappa shape index (κ3) is 5.11. The van der Waals surface area contributed by atoms with Crippen molar-refractivity contribution in [2.24, 2.45) is 0 Å². The Labute approximate surface area is 223 Å². The van der Waals surface area contributed by atoms with Crippen molar-refractivity contribution in [1.29, 1.82) is 0 Å². The number of carbonyl (C=O) groups excluding carboxylic acids is 1. The van der Waals surface area contributed by atoms with Gasteiger partial charge in [0.25, 0.3) is 0 Å². The van der Waals surface area contributed by atoms with Crippen molar-refractivity contribution in [3.63, 3.8) is 0 Å². The first-order chi connectivity index (χ1) is 18.5. The lowest BCUT2D eigenvalue weighted by Crippen LogP contribution is -2.49. The van der Waals surface area contributed by atoms with Crippen molar-refractivity contribution < 1.29 is 19.0 Å². The minimum atomic E-state index is -0.220. The average molecular weight is 515 g/mol. The number of fused-ring (bicyclic) bond motifs is 1. The Morgan fingerprint density at radius 2 is 1.55 bits per heavy atom. The molecule has 8 heteroatoms. The van der Waals surface area contributed by atoms with Crippen LogP contribution in [-0.4, -0.2) is 67.7 Å². The zero-order chi connectivity index (χ0) is 26.6. The molecule has 2 aromatic carbocycles. The molecule has 0 radical (unpaired) electrons. The fourth-order valence-electron chi connectivity index (χ4n) is 5.16. The van der Waals surface area contributed by atoms with E-state index in [1.807, 2.05) is 66.7 Å². The quantitative estimate of drug-likeness (QED) is 0.344. The predicted molar refractivity (Wildman–Crippen MR) is 148 cm³/mol.